The molecule has 5 heteroatoms. The van der Waals surface area contributed by atoms with Gasteiger partial charge in [0.15, 0.2) is 0 Å². The fraction of sp³-hybridized carbons (Fsp3) is 0.286. The van der Waals surface area contributed by atoms with Crippen LogP contribution in [0, 0.1) is 0 Å². The molecular formula is C7H10Cl2N2O. The minimum atomic E-state index is -0.361. The summed E-state index contributed by atoms with van der Waals surface area (Å²) >= 11 is 5.55. The minimum Gasteiger partial charge on any atom is -0.394 e. The van der Waals surface area contributed by atoms with Crippen molar-refractivity contribution in [2.24, 2.45) is 5.73 Å². The van der Waals surface area contributed by atoms with Crippen LogP contribution in [0.15, 0.2) is 18.3 Å². The van der Waals surface area contributed by atoms with Gasteiger partial charge in [0.2, 0.25) is 0 Å². The second-order valence-corrected chi connectivity index (χ2v) is 2.59. The Morgan fingerprint density at radius 1 is 1.58 bits per heavy atom. The Kier molecular flexibility index (Phi) is 5.17. The Morgan fingerprint density at radius 3 is 2.67 bits per heavy atom. The molecule has 0 aliphatic rings. The van der Waals surface area contributed by atoms with Gasteiger partial charge in [0, 0.05) is 6.20 Å². The zero-order valence-corrected chi connectivity index (χ0v) is 7.85. The number of nitrogens with two attached hydrogens (primary N) is 1. The van der Waals surface area contributed by atoms with E-state index in [1.165, 1.54) is 0 Å². The Morgan fingerprint density at radius 2 is 2.25 bits per heavy atom. The van der Waals surface area contributed by atoms with Gasteiger partial charge < -0.3 is 10.8 Å². The van der Waals surface area contributed by atoms with E-state index >= 15 is 0 Å². The number of aliphatic hydroxyl groups excluding tert-OH is 1. The van der Waals surface area contributed by atoms with Crippen LogP contribution >= 0.6 is 24.0 Å². The molecule has 12 heavy (non-hydrogen) atoms. The topological polar surface area (TPSA) is 59.1 Å². The molecule has 1 aromatic rings. The molecule has 0 radical (unpaired) electrons. The van der Waals surface area contributed by atoms with Crippen LogP contribution in [0.2, 0.25) is 5.15 Å². The molecule has 0 aromatic carbocycles. The minimum absolute atomic E-state index is 0. The fourth-order valence-corrected chi connectivity index (χ4v) is 0.824. The van der Waals surface area contributed by atoms with E-state index in [1.807, 2.05) is 0 Å². The first kappa shape index (κ1) is 11.6. The lowest BCUT2D eigenvalue weighted by Gasteiger charge is -2.06. The van der Waals surface area contributed by atoms with Crippen molar-refractivity contribution in [1.29, 1.82) is 0 Å². The van der Waals surface area contributed by atoms with E-state index in [0.29, 0.717) is 5.15 Å². The zero-order chi connectivity index (χ0) is 8.27. The van der Waals surface area contributed by atoms with Gasteiger partial charge in [-0.05, 0) is 11.6 Å². The van der Waals surface area contributed by atoms with E-state index in [9.17, 15) is 0 Å². The monoisotopic (exact) mass is 208 g/mol. The number of hydrogen-bond donors (Lipinski definition) is 2. The number of pyridine rings is 1. The number of aromatic nitrogens is 1. The highest BCUT2D eigenvalue weighted by Gasteiger charge is 2.02. The first-order valence-corrected chi connectivity index (χ1v) is 3.59. The van der Waals surface area contributed by atoms with Gasteiger partial charge in [-0.25, -0.2) is 4.98 Å². The standard InChI is InChI=1S/C7H9ClN2O.ClH/c8-7-2-1-5(3-10-7)6(9)4-11;/h1-3,6,11H,4,9H2;1H/t6-;/m1./s1. The molecule has 3 N–H and O–H groups in total. The maximum absolute atomic E-state index is 8.67. The van der Waals surface area contributed by atoms with E-state index in [0.717, 1.165) is 5.56 Å². The highest BCUT2D eigenvalue weighted by atomic mass is 35.5. The van der Waals surface area contributed by atoms with Crippen molar-refractivity contribution in [3.63, 3.8) is 0 Å². The largest absolute Gasteiger partial charge is 0.394 e. The summed E-state index contributed by atoms with van der Waals surface area (Å²) in [5, 5.41) is 9.10. The van der Waals surface area contributed by atoms with Crippen molar-refractivity contribution in [3.8, 4) is 0 Å². The third kappa shape index (κ3) is 2.95. The molecule has 0 aliphatic carbocycles. The highest BCUT2D eigenvalue weighted by Crippen LogP contribution is 2.10. The molecule has 0 aliphatic heterocycles. The van der Waals surface area contributed by atoms with Gasteiger partial charge in [0.1, 0.15) is 5.15 Å². The van der Waals surface area contributed by atoms with Gasteiger partial charge in [-0.3, -0.25) is 0 Å². The lowest BCUT2D eigenvalue weighted by atomic mass is 10.1. The van der Waals surface area contributed by atoms with Crippen LogP contribution in [0.5, 0.6) is 0 Å². The molecule has 0 fully saturated rings. The summed E-state index contributed by atoms with van der Waals surface area (Å²) in [5.74, 6) is 0. The molecule has 0 saturated heterocycles. The number of aliphatic hydroxyl groups is 1. The summed E-state index contributed by atoms with van der Waals surface area (Å²) in [7, 11) is 0. The molecule has 0 amide bonds. The van der Waals surface area contributed by atoms with Crippen molar-refractivity contribution in [1.82, 2.24) is 4.98 Å². The van der Waals surface area contributed by atoms with Crippen LogP contribution in [0.3, 0.4) is 0 Å². The van der Waals surface area contributed by atoms with E-state index < -0.39 is 0 Å². The SMILES string of the molecule is Cl.N[C@H](CO)c1ccc(Cl)nc1. The molecule has 0 spiro atoms. The third-order valence-electron chi connectivity index (χ3n) is 1.38. The van der Waals surface area contributed by atoms with Crippen molar-refractivity contribution >= 4 is 24.0 Å². The van der Waals surface area contributed by atoms with Gasteiger partial charge in [-0.15, -0.1) is 12.4 Å². The Labute approximate surface area is 82.0 Å². The maximum atomic E-state index is 8.67. The lowest BCUT2D eigenvalue weighted by molar-refractivity contribution is 0.268. The summed E-state index contributed by atoms with van der Waals surface area (Å²) < 4.78 is 0. The average molecular weight is 209 g/mol. The summed E-state index contributed by atoms with van der Waals surface area (Å²) in [6.45, 7) is -0.0800. The molecular weight excluding hydrogens is 199 g/mol. The summed E-state index contributed by atoms with van der Waals surface area (Å²) in [5.41, 5.74) is 6.30. The number of rotatable bonds is 2. The van der Waals surface area contributed by atoms with Gasteiger partial charge in [-0.1, -0.05) is 17.7 Å². The molecule has 0 unspecified atom stereocenters. The Bertz CT molecular complexity index is 227. The number of nitrogens with zero attached hydrogens (tertiary/aromatic N) is 1. The van der Waals surface area contributed by atoms with Gasteiger partial charge in [-0.2, -0.15) is 0 Å². The van der Waals surface area contributed by atoms with Crippen molar-refractivity contribution in [2.75, 3.05) is 6.61 Å². The lowest BCUT2D eigenvalue weighted by Crippen LogP contribution is -2.14. The predicted molar refractivity (Wildman–Crippen MR) is 50.5 cm³/mol. The molecule has 3 nitrogen and oxygen atoms in total. The van der Waals surface area contributed by atoms with Gasteiger partial charge >= 0.3 is 0 Å². The van der Waals surface area contributed by atoms with Crippen molar-refractivity contribution in [3.05, 3.63) is 29.0 Å². The van der Waals surface area contributed by atoms with Crippen molar-refractivity contribution in [2.45, 2.75) is 6.04 Å². The summed E-state index contributed by atoms with van der Waals surface area (Å²) in [6.07, 6.45) is 1.56. The fourth-order valence-electron chi connectivity index (χ4n) is 0.712. The van der Waals surface area contributed by atoms with E-state index in [1.54, 1.807) is 18.3 Å². The van der Waals surface area contributed by atoms with Crippen LogP contribution < -0.4 is 5.73 Å². The molecule has 1 aromatic heterocycles. The van der Waals surface area contributed by atoms with Crippen molar-refractivity contribution < 1.29 is 5.11 Å². The second kappa shape index (κ2) is 5.32. The average Bonchev–Trinajstić information content (AvgIpc) is 2.05. The zero-order valence-electron chi connectivity index (χ0n) is 6.27. The number of halogens is 2. The Balaban J connectivity index is 0.00000121. The van der Waals surface area contributed by atoms with E-state index in [4.69, 9.17) is 22.4 Å². The van der Waals surface area contributed by atoms with Crippen LogP contribution in [0.1, 0.15) is 11.6 Å². The van der Waals surface area contributed by atoms with Crippen LogP contribution in [0.4, 0.5) is 0 Å². The van der Waals surface area contributed by atoms with Crippen LogP contribution in [-0.4, -0.2) is 16.7 Å². The molecule has 0 saturated carbocycles. The first-order valence-electron chi connectivity index (χ1n) is 3.22. The van der Waals surface area contributed by atoms with E-state index in [2.05, 4.69) is 4.98 Å². The molecule has 0 bridgehead atoms. The van der Waals surface area contributed by atoms with E-state index in [-0.39, 0.29) is 25.1 Å². The van der Waals surface area contributed by atoms with Crippen LogP contribution in [0.25, 0.3) is 0 Å². The predicted octanol–water partition coefficient (Wildman–Crippen LogP) is 1.15. The van der Waals surface area contributed by atoms with Gasteiger partial charge in [0.05, 0.1) is 12.6 Å². The van der Waals surface area contributed by atoms with Crippen LogP contribution in [-0.2, 0) is 0 Å². The first-order chi connectivity index (χ1) is 5.24. The second-order valence-electron chi connectivity index (χ2n) is 2.20. The van der Waals surface area contributed by atoms with Gasteiger partial charge in [0.25, 0.3) is 0 Å². The number of hydrogen-bond acceptors (Lipinski definition) is 3. The normalized spacial score (nSPS) is 11.9. The quantitative estimate of drug-likeness (QED) is 0.718. The summed E-state index contributed by atoms with van der Waals surface area (Å²) in [6, 6.07) is 3.03. The molecule has 1 heterocycles. The molecule has 1 rings (SSSR count). The smallest absolute Gasteiger partial charge is 0.129 e. The molecule has 68 valence electrons. The highest BCUT2D eigenvalue weighted by molar-refractivity contribution is 6.29. The maximum Gasteiger partial charge on any atom is 0.129 e. The molecule has 1 atom stereocenters. The summed E-state index contributed by atoms with van der Waals surface area (Å²) in [4.78, 5) is 3.82. The third-order valence-corrected chi connectivity index (χ3v) is 1.60. The Hall–Kier alpha value is -0.350.